The van der Waals surface area contributed by atoms with Crippen LogP contribution in [0.2, 0.25) is 0 Å². The zero-order valence-electron chi connectivity index (χ0n) is 8.62. The highest BCUT2D eigenvalue weighted by Crippen LogP contribution is 2.51. The standard InChI is InChI=1S/C12H10BrNO2/c13-10-6-9(12(2-3-12)14-7-15)5-8-1-4-16-11(8)10/h5-6H,1-4H2. The molecule has 0 bridgehead atoms. The molecule has 4 heteroatoms. The van der Waals surface area contributed by atoms with Crippen LogP contribution in [0.25, 0.3) is 0 Å². The molecule has 82 valence electrons. The molecular formula is C12H10BrNO2. The van der Waals surface area contributed by atoms with Gasteiger partial charge < -0.3 is 4.74 Å². The molecule has 1 aliphatic carbocycles. The van der Waals surface area contributed by atoms with E-state index in [1.54, 1.807) is 6.08 Å². The SMILES string of the molecule is O=C=NC1(c2cc(Br)c3c(c2)CCO3)CC1. The normalized spacial score (nSPS) is 19.6. The van der Waals surface area contributed by atoms with E-state index in [0.717, 1.165) is 41.7 Å². The Morgan fingerprint density at radius 3 is 2.94 bits per heavy atom. The number of ether oxygens (including phenoxy) is 1. The first kappa shape index (κ1) is 10.1. The molecule has 0 atom stereocenters. The Morgan fingerprint density at radius 2 is 2.25 bits per heavy atom. The predicted molar refractivity (Wildman–Crippen MR) is 62.4 cm³/mol. The third-order valence-corrected chi connectivity index (χ3v) is 3.85. The summed E-state index contributed by atoms with van der Waals surface area (Å²) < 4.78 is 6.49. The molecule has 0 unspecified atom stereocenters. The van der Waals surface area contributed by atoms with Crippen LogP contribution in [0.1, 0.15) is 24.0 Å². The highest BCUT2D eigenvalue weighted by molar-refractivity contribution is 9.10. The lowest BCUT2D eigenvalue weighted by molar-refractivity contribution is 0.355. The second-order valence-corrected chi connectivity index (χ2v) is 5.13. The molecule has 1 fully saturated rings. The first-order chi connectivity index (χ1) is 7.75. The Hall–Kier alpha value is -1.12. The van der Waals surface area contributed by atoms with Gasteiger partial charge in [0.15, 0.2) is 0 Å². The number of aliphatic imine (C=N–C) groups is 1. The number of benzene rings is 1. The molecule has 0 saturated heterocycles. The van der Waals surface area contributed by atoms with E-state index in [0.29, 0.717) is 0 Å². The van der Waals surface area contributed by atoms with E-state index in [1.807, 2.05) is 6.07 Å². The molecular weight excluding hydrogens is 270 g/mol. The average molecular weight is 280 g/mol. The van der Waals surface area contributed by atoms with Gasteiger partial charge in [-0.2, -0.15) is 4.99 Å². The lowest BCUT2D eigenvalue weighted by Gasteiger charge is -2.11. The fraction of sp³-hybridized carbons (Fsp3) is 0.417. The Balaban J connectivity index is 2.10. The summed E-state index contributed by atoms with van der Waals surface area (Å²) in [5.74, 6) is 0.939. The summed E-state index contributed by atoms with van der Waals surface area (Å²) in [5, 5.41) is 0. The molecule has 3 rings (SSSR count). The van der Waals surface area contributed by atoms with Crippen molar-refractivity contribution in [3.63, 3.8) is 0 Å². The third kappa shape index (κ3) is 1.41. The second kappa shape index (κ2) is 3.44. The first-order valence-electron chi connectivity index (χ1n) is 5.30. The van der Waals surface area contributed by atoms with Crippen LogP contribution in [0.4, 0.5) is 0 Å². The minimum Gasteiger partial charge on any atom is -0.492 e. The van der Waals surface area contributed by atoms with E-state index in [-0.39, 0.29) is 5.54 Å². The molecule has 0 amide bonds. The number of isocyanates is 1. The van der Waals surface area contributed by atoms with E-state index in [4.69, 9.17) is 4.74 Å². The zero-order valence-corrected chi connectivity index (χ0v) is 10.2. The molecule has 1 aliphatic heterocycles. The maximum absolute atomic E-state index is 10.4. The average Bonchev–Trinajstić information content (AvgIpc) is 2.89. The molecule has 3 nitrogen and oxygen atoms in total. The summed E-state index contributed by atoms with van der Waals surface area (Å²) >= 11 is 3.50. The van der Waals surface area contributed by atoms with Crippen LogP contribution >= 0.6 is 15.9 Å². The van der Waals surface area contributed by atoms with E-state index in [9.17, 15) is 4.79 Å². The summed E-state index contributed by atoms with van der Waals surface area (Å²) in [4.78, 5) is 14.4. The number of nitrogens with zero attached hydrogens (tertiary/aromatic N) is 1. The monoisotopic (exact) mass is 279 g/mol. The van der Waals surface area contributed by atoms with Crippen LogP contribution < -0.4 is 4.74 Å². The van der Waals surface area contributed by atoms with Gasteiger partial charge >= 0.3 is 0 Å². The van der Waals surface area contributed by atoms with Crippen molar-refractivity contribution >= 4 is 22.0 Å². The number of halogens is 1. The molecule has 1 saturated carbocycles. The fourth-order valence-corrected chi connectivity index (χ4v) is 2.82. The fourth-order valence-electron chi connectivity index (χ4n) is 2.20. The van der Waals surface area contributed by atoms with Crippen LogP contribution in [0.15, 0.2) is 21.6 Å². The van der Waals surface area contributed by atoms with E-state index < -0.39 is 0 Å². The molecule has 0 N–H and O–H groups in total. The Bertz CT molecular complexity index is 502. The van der Waals surface area contributed by atoms with Crippen LogP contribution in [-0.2, 0) is 16.8 Å². The summed E-state index contributed by atoms with van der Waals surface area (Å²) in [5.41, 5.74) is 2.02. The smallest absolute Gasteiger partial charge is 0.235 e. The Kier molecular flexibility index (Phi) is 2.16. The zero-order chi connectivity index (χ0) is 11.2. The molecule has 16 heavy (non-hydrogen) atoms. The predicted octanol–water partition coefficient (Wildman–Crippen LogP) is 2.71. The number of hydrogen-bond donors (Lipinski definition) is 0. The van der Waals surface area contributed by atoms with Crippen molar-refractivity contribution in [2.45, 2.75) is 24.8 Å². The van der Waals surface area contributed by atoms with Gasteiger partial charge in [-0.25, -0.2) is 4.79 Å². The minimum atomic E-state index is -0.290. The van der Waals surface area contributed by atoms with Gasteiger partial charge in [0.1, 0.15) is 5.75 Å². The number of carbonyl (C=O) groups excluding carboxylic acids is 1. The number of rotatable bonds is 2. The minimum absolute atomic E-state index is 0.290. The summed E-state index contributed by atoms with van der Waals surface area (Å²) in [7, 11) is 0. The highest BCUT2D eigenvalue weighted by Gasteiger charge is 2.45. The van der Waals surface area contributed by atoms with Crippen LogP contribution in [0.3, 0.4) is 0 Å². The number of fused-ring (bicyclic) bond motifs is 1. The Morgan fingerprint density at radius 1 is 1.44 bits per heavy atom. The lowest BCUT2D eigenvalue weighted by Crippen LogP contribution is -2.02. The summed E-state index contributed by atoms with van der Waals surface area (Å²) in [6.07, 6.45) is 4.50. The van der Waals surface area contributed by atoms with Gasteiger partial charge in [0.05, 0.1) is 16.6 Å². The number of hydrogen-bond acceptors (Lipinski definition) is 3. The molecule has 2 aliphatic rings. The molecule has 0 aromatic heterocycles. The van der Waals surface area contributed by atoms with Gasteiger partial charge in [-0.15, -0.1) is 0 Å². The van der Waals surface area contributed by atoms with Crippen molar-refractivity contribution in [1.29, 1.82) is 0 Å². The van der Waals surface area contributed by atoms with Crippen molar-refractivity contribution in [3.8, 4) is 5.75 Å². The molecule has 0 spiro atoms. The van der Waals surface area contributed by atoms with Crippen molar-refractivity contribution in [1.82, 2.24) is 0 Å². The van der Waals surface area contributed by atoms with Crippen molar-refractivity contribution in [3.05, 3.63) is 27.7 Å². The summed E-state index contributed by atoms with van der Waals surface area (Å²) in [6, 6.07) is 4.12. The van der Waals surface area contributed by atoms with Crippen molar-refractivity contribution in [2.75, 3.05) is 6.61 Å². The Labute approximate surface area is 102 Å². The van der Waals surface area contributed by atoms with Crippen LogP contribution in [0, 0.1) is 0 Å². The van der Waals surface area contributed by atoms with Gasteiger partial charge in [-0.3, -0.25) is 0 Å². The van der Waals surface area contributed by atoms with E-state index in [2.05, 4.69) is 27.0 Å². The molecule has 1 aromatic carbocycles. The second-order valence-electron chi connectivity index (χ2n) is 4.28. The lowest BCUT2D eigenvalue weighted by atomic mass is 10.0. The highest BCUT2D eigenvalue weighted by atomic mass is 79.9. The van der Waals surface area contributed by atoms with Gasteiger partial charge in [0.2, 0.25) is 6.08 Å². The van der Waals surface area contributed by atoms with Gasteiger partial charge in [0, 0.05) is 6.42 Å². The van der Waals surface area contributed by atoms with Gasteiger partial charge in [-0.1, -0.05) is 0 Å². The maximum Gasteiger partial charge on any atom is 0.235 e. The molecule has 1 heterocycles. The quantitative estimate of drug-likeness (QED) is 0.617. The van der Waals surface area contributed by atoms with Gasteiger partial charge in [0.25, 0.3) is 0 Å². The van der Waals surface area contributed by atoms with Crippen LogP contribution in [0.5, 0.6) is 5.75 Å². The topological polar surface area (TPSA) is 38.7 Å². The van der Waals surface area contributed by atoms with Gasteiger partial charge in [-0.05, 0) is 52.0 Å². The largest absolute Gasteiger partial charge is 0.492 e. The molecule has 0 radical (unpaired) electrons. The third-order valence-electron chi connectivity index (χ3n) is 3.26. The molecule has 1 aromatic rings. The van der Waals surface area contributed by atoms with Crippen molar-refractivity contribution in [2.24, 2.45) is 4.99 Å². The van der Waals surface area contributed by atoms with Crippen molar-refractivity contribution < 1.29 is 9.53 Å². The van der Waals surface area contributed by atoms with E-state index >= 15 is 0 Å². The van der Waals surface area contributed by atoms with E-state index in [1.165, 1.54) is 5.56 Å². The maximum atomic E-state index is 10.4. The first-order valence-corrected chi connectivity index (χ1v) is 6.09. The van der Waals surface area contributed by atoms with Crippen LogP contribution in [-0.4, -0.2) is 12.7 Å². The summed E-state index contributed by atoms with van der Waals surface area (Å²) in [6.45, 7) is 0.737.